The molecule has 0 unspecified atom stereocenters. The van der Waals surface area contributed by atoms with Gasteiger partial charge in [0, 0.05) is 11.6 Å². The Morgan fingerprint density at radius 2 is 1.80 bits per heavy atom. The molecule has 1 aliphatic rings. The number of nitrogens with one attached hydrogen (secondary N) is 2. The quantitative estimate of drug-likeness (QED) is 0.891. The summed E-state index contributed by atoms with van der Waals surface area (Å²) in [6, 6.07) is 6.85. The Balaban J connectivity index is 0.00000200. The van der Waals surface area contributed by atoms with Gasteiger partial charge in [0.1, 0.15) is 0 Å². The minimum Gasteiger partial charge on any atom is -0.316 e. The summed E-state index contributed by atoms with van der Waals surface area (Å²) in [7, 11) is -1.69. The van der Waals surface area contributed by atoms with E-state index >= 15 is 0 Å². The molecule has 0 spiro atoms. The molecule has 1 heterocycles. The molecule has 7 heteroatoms. The molecule has 1 aromatic rings. The lowest BCUT2D eigenvalue weighted by Crippen LogP contribution is -2.40. The summed E-state index contributed by atoms with van der Waals surface area (Å²) in [6.07, 6.45) is 0. The minimum atomic E-state index is -3.49. The highest BCUT2D eigenvalue weighted by atomic mass is 35.5. The van der Waals surface area contributed by atoms with Crippen LogP contribution in [0.15, 0.2) is 29.8 Å². The van der Waals surface area contributed by atoms with Gasteiger partial charge in [0.2, 0.25) is 10.0 Å². The highest BCUT2D eigenvalue weighted by Crippen LogP contribution is 2.37. The number of rotatable bonds is 3. The van der Waals surface area contributed by atoms with Crippen molar-refractivity contribution in [3.63, 3.8) is 0 Å². The number of benzene rings is 1. The van der Waals surface area contributed by atoms with E-state index in [1.54, 1.807) is 31.3 Å². The molecular weight excluding hydrogens is 319 g/mol. The van der Waals surface area contributed by atoms with Crippen molar-refractivity contribution in [1.82, 2.24) is 10.0 Å². The minimum absolute atomic E-state index is 0. The first-order valence-corrected chi connectivity index (χ1v) is 7.82. The van der Waals surface area contributed by atoms with Crippen LogP contribution in [-0.4, -0.2) is 27.5 Å². The molecule has 0 bridgehead atoms. The van der Waals surface area contributed by atoms with Crippen molar-refractivity contribution < 1.29 is 8.42 Å². The summed E-state index contributed by atoms with van der Waals surface area (Å²) >= 11 is 5.85. The van der Waals surface area contributed by atoms with Gasteiger partial charge in [0.25, 0.3) is 0 Å². The summed E-state index contributed by atoms with van der Waals surface area (Å²) < 4.78 is 27.3. The summed E-state index contributed by atoms with van der Waals surface area (Å²) in [5, 5.41) is 3.61. The maximum absolute atomic E-state index is 12.3. The van der Waals surface area contributed by atoms with E-state index < -0.39 is 15.6 Å². The maximum Gasteiger partial charge on any atom is 0.242 e. The van der Waals surface area contributed by atoms with Gasteiger partial charge in [0.15, 0.2) is 0 Å². The molecule has 0 amide bonds. The lowest BCUT2D eigenvalue weighted by atomic mass is 9.93. The van der Waals surface area contributed by atoms with Crippen LogP contribution in [0.2, 0.25) is 5.02 Å². The zero-order valence-electron chi connectivity index (χ0n) is 11.5. The Morgan fingerprint density at radius 1 is 1.25 bits per heavy atom. The van der Waals surface area contributed by atoms with Gasteiger partial charge in [-0.25, -0.2) is 13.1 Å². The highest BCUT2D eigenvalue weighted by Gasteiger charge is 2.42. The molecule has 1 aromatic carbocycles. The van der Waals surface area contributed by atoms with Crippen LogP contribution in [0.4, 0.5) is 0 Å². The van der Waals surface area contributed by atoms with E-state index in [4.69, 9.17) is 11.6 Å². The molecule has 1 aliphatic heterocycles. The van der Waals surface area contributed by atoms with Crippen molar-refractivity contribution in [2.24, 2.45) is 0 Å². The average molecular weight is 337 g/mol. The van der Waals surface area contributed by atoms with Crippen LogP contribution < -0.4 is 10.0 Å². The van der Waals surface area contributed by atoms with E-state index in [1.165, 1.54) is 0 Å². The fourth-order valence-corrected chi connectivity index (χ4v) is 4.42. The topological polar surface area (TPSA) is 58.2 Å². The second kappa shape index (κ2) is 6.03. The SMILES string of the molecule is CNCC1=C(c2ccc(Cl)cc2)S(=O)(=O)NC1(C)C.Cl. The molecule has 4 nitrogen and oxygen atoms in total. The van der Waals surface area contributed by atoms with E-state index in [0.717, 1.165) is 5.57 Å². The van der Waals surface area contributed by atoms with Gasteiger partial charge in [-0.05, 0) is 44.2 Å². The third-order valence-electron chi connectivity index (χ3n) is 3.15. The van der Waals surface area contributed by atoms with E-state index in [0.29, 0.717) is 22.0 Å². The Morgan fingerprint density at radius 3 is 2.30 bits per heavy atom. The fraction of sp³-hybridized carbons (Fsp3) is 0.385. The van der Waals surface area contributed by atoms with Crippen LogP contribution in [0.25, 0.3) is 4.91 Å². The van der Waals surface area contributed by atoms with Gasteiger partial charge in [-0.2, -0.15) is 0 Å². The molecule has 2 rings (SSSR count). The third kappa shape index (κ3) is 3.18. The van der Waals surface area contributed by atoms with Crippen LogP contribution in [-0.2, 0) is 10.0 Å². The Bertz CT molecular complexity index is 622. The van der Waals surface area contributed by atoms with Crippen LogP contribution in [0.5, 0.6) is 0 Å². The lowest BCUT2D eigenvalue weighted by molar-refractivity contribution is 0.523. The molecule has 0 fully saturated rings. The predicted molar refractivity (Wildman–Crippen MR) is 85.7 cm³/mol. The summed E-state index contributed by atoms with van der Waals surface area (Å²) in [5.41, 5.74) is 0.904. The van der Waals surface area contributed by atoms with Crippen molar-refractivity contribution in [1.29, 1.82) is 0 Å². The van der Waals surface area contributed by atoms with Gasteiger partial charge in [0.05, 0.1) is 10.4 Å². The van der Waals surface area contributed by atoms with Crippen LogP contribution in [0.1, 0.15) is 19.4 Å². The number of hydrogen-bond acceptors (Lipinski definition) is 3. The number of likely N-dealkylation sites (N-methyl/N-ethyl adjacent to an activating group) is 1. The largest absolute Gasteiger partial charge is 0.316 e. The molecule has 20 heavy (non-hydrogen) atoms. The molecule has 0 aromatic heterocycles. The first kappa shape index (κ1) is 17.5. The third-order valence-corrected chi connectivity index (χ3v) is 5.20. The van der Waals surface area contributed by atoms with E-state index in [2.05, 4.69) is 10.0 Å². The Labute approximate surface area is 131 Å². The van der Waals surface area contributed by atoms with Gasteiger partial charge in [-0.15, -0.1) is 12.4 Å². The summed E-state index contributed by atoms with van der Waals surface area (Å²) in [4.78, 5) is 0.350. The zero-order valence-corrected chi connectivity index (χ0v) is 13.9. The number of halogens is 2. The van der Waals surface area contributed by atoms with Gasteiger partial charge in [-0.3, -0.25) is 0 Å². The smallest absolute Gasteiger partial charge is 0.242 e. The maximum atomic E-state index is 12.3. The second-order valence-electron chi connectivity index (χ2n) is 5.08. The monoisotopic (exact) mass is 336 g/mol. The fourth-order valence-electron chi connectivity index (χ4n) is 2.30. The molecule has 0 radical (unpaired) electrons. The van der Waals surface area contributed by atoms with E-state index in [9.17, 15) is 8.42 Å². The molecule has 0 saturated carbocycles. The second-order valence-corrected chi connectivity index (χ2v) is 7.13. The van der Waals surface area contributed by atoms with Crippen LogP contribution >= 0.6 is 24.0 Å². The molecule has 0 saturated heterocycles. The normalized spacial score (nSPS) is 19.8. The van der Waals surface area contributed by atoms with Gasteiger partial charge < -0.3 is 5.32 Å². The Kier molecular flexibility index (Phi) is 5.27. The summed E-state index contributed by atoms with van der Waals surface area (Å²) in [6.45, 7) is 4.23. The van der Waals surface area contributed by atoms with Crippen LogP contribution in [0.3, 0.4) is 0 Å². The van der Waals surface area contributed by atoms with Crippen molar-refractivity contribution >= 4 is 38.9 Å². The molecule has 2 N–H and O–H groups in total. The van der Waals surface area contributed by atoms with E-state index in [1.807, 2.05) is 13.8 Å². The highest BCUT2D eigenvalue weighted by molar-refractivity contribution is 7.99. The van der Waals surface area contributed by atoms with Crippen molar-refractivity contribution in [3.05, 3.63) is 40.4 Å². The molecule has 0 aliphatic carbocycles. The zero-order chi connectivity index (χ0) is 14.3. The lowest BCUT2D eigenvalue weighted by Gasteiger charge is -2.21. The van der Waals surface area contributed by atoms with Crippen molar-refractivity contribution in [3.8, 4) is 0 Å². The van der Waals surface area contributed by atoms with Crippen molar-refractivity contribution in [2.45, 2.75) is 19.4 Å². The molecule has 0 atom stereocenters. The van der Waals surface area contributed by atoms with Gasteiger partial charge in [-0.1, -0.05) is 23.7 Å². The first-order chi connectivity index (χ1) is 8.78. The standard InChI is InChI=1S/C13H17ClN2O2S.ClH/c1-13(2)11(8-15-3)12(19(17,18)16-13)9-4-6-10(14)7-5-9;/h4-7,15-16H,8H2,1-3H3;1H. The molecular formula is C13H18Cl2N2O2S. The van der Waals surface area contributed by atoms with Crippen LogP contribution in [0, 0.1) is 0 Å². The first-order valence-electron chi connectivity index (χ1n) is 5.96. The van der Waals surface area contributed by atoms with Crippen molar-refractivity contribution in [2.75, 3.05) is 13.6 Å². The van der Waals surface area contributed by atoms with E-state index in [-0.39, 0.29) is 12.4 Å². The average Bonchev–Trinajstić information content (AvgIpc) is 2.46. The van der Waals surface area contributed by atoms with Gasteiger partial charge >= 0.3 is 0 Å². The number of hydrogen-bond donors (Lipinski definition) is 2. The summed E-state index contributed by atoms with van der Waals surface area (Å²) in [5.74, 6) is 0. The Hall–Kier alpha value is -0.590. The number of sulfonamides is 1. The molecule has 112 valence electrons. The predicted octanol–water partition coefficient (Wildman–Crippen LogP) is 2.40.